The highest BCUT2D eigenvalue weighted by molar-refractivity contribution is 7.00. The van der Waals surface area contributed by atoms with Crippen molar-refractivity contribution in [1.29, 1.82) is 0 Å². The Balaban J connectivity index is 0.975. The van der Waals surface area contributed by atoms with Gasteiger partial charge in [0.05, 0.1) is 17.1 Å². The van der Waals surface area contributed by atoms with E-state index in [-0.39, 0.29) is 12.1 Å². The first-order valence-corrected chi connectivity index (χ1v) is 27.1. The number of para-hydroxylation sites is 1. The summed E-state index contributed by atoms with van der Waals surface area (Å²) in [7, 11) is 0. The Morgan fingerprint density at radius 2 is 0.886 bits per heavy atom. The molecule has 13 heteroatoms. The molecular formula is C66H52BN3O9. The van der Waals surface area contributed by atoms with Gasteiger partial charge in [-0.25, -0.2) is 0 Å². The molecule has 0 bridgehead atoms. The fourth-order valence-corrected chi connectivity index (χ4v) is 12.3. The summed E-state index contributed by atoms with van der Waals surface area (Å²) in [5, 5.41) is 3.26. The number of benzene rings is 9. The Morgan fingerprint density at radius 1 is 0.392 bits per heavy atom. The molecule has 10 aromatic rings. The van der Waals surface area contributed by atoms with E-state index in [1.54, 1.807) is 0 Å². The molecule has 0 fully saturated rings. The Hall–Kier alpha value is -9.36. The van der Waals surface area contributed by atoms with Crippen LogP contribution in [0.4, 0.5) is 51.2 Å². The summed E-state index contributed by atoms with van der Waals surface area (Å²) in [5.74, 6) is 6.39. The van der Waals surface area contributed by atoms with E-state index in [4.69, 9.17) is 42.3 Å². The van der Waals surface area contributed by atoms with E-state index in [1.807, 2.05) is 30.3 Å². The zero-order valence-electron chi connectivity index (χ0n) is 43.8. The van der Waals surface area contributed by atoms with Gasteiger partial charge in [-0.15, -0.1) is 0 Å². The molecule has 16 rings (SSSR count). The van der Waals surface area contributed by atoms with Crippen LogP contribution in [0, 0.1) is 0 Å². The molecule has 0 saturated carbocycles. The third-order valence-electron chi connectivity index (χ3n) is 16.0. The lowest BCUT2D eigenvalue weighted by Crippen LogP contribution is -2.61. The first-order chi connectivity index (χ1) is 38.7. The van der Waals surface area contributed by atoms with Crippen molar-refractivity contribution in [3.63, 3.8) is 0 Å². The summed E-state index contributed by atoms with van der Waals surface area (Å²) in [5.41, 5.74) is 14.8. The molecule has 0 N–H and O–H groups in total. The maximum absolute atomic E-state index is 6.44. The van der Waals surface area contributed by atoms with Crippen molar-refractivity contribution in [2.75, 3.05) is 67.6 Å². The van der Waals surface area contributed by atoms with E-state index >= 15 is 0 Å². The highest BCUT2D eigenvalue weighted by Gasteiger charge is 2.46. The molecule has 388 valence electrons. The van der Waals surface area contributed by atoms with Gasteiger partial charge in [0.15, 0.2) is 46.0 Å². The minimum atomic E-state index is -0.307. The molecule has 0 saturated heterocycles. The van der Waals surface area contributed by atoms with Crippen molar-refractivity contribution in [2.24, 2.45) is 0 Å². The second-order valence-corrected chi connectivity index (χ2v) is 21.8. The van der Waals surface area contributed by atoms with E-state index in [0.29, 0.717) is 98.9 Å². The van der Waals surface area contributed by atoms with Crippen molar-refractivity contribution in [2.45, 2.75) is 26.2 Å². The van der Waals surface area contributed by atoms with Gasteiger partial charge in [-0.05, 0) is 129 Å². The largest absolute Gasteiger partial charge is 0.486 e. The molecule has 6 aliphatic heterocycles. The normalized spacial score (nSPS) is 15.4. The lowest BCUT2D eigenvalue weighted by atomic mass is 9.33. The standard InChI is InChI=1S/C66H52BN3O9/c1-66(2,3)43-11-14-44(15-12-43)68(45-13-10-39-28-42(9-8-40(39)29-45)58-30-41-6-4-5-7-55(41)79-58)48-31-53-65-54(32-48)70(47-17-19-57-60(34-47)74-23-21-72-57)52-38-64-62(76-25-27-78-64)36-50(52)67(65)49-35-61-63(77-26-24-75-61)37-51(49)69(53)46-16-18-56-59(33-46)73-22-20-71-56/h4-19,28-38H,20-27H2,1-3H3. The van der Waals surface area contributed by atoms with Gasteiger partial charge >= 0.3 is 0 Å². The molecule has 0 amide bonds. The molecule has 6 aliphatic rings. The quantitative estimate of drug-likeness (QED) is 0.148. The van der Waals surface area contributed by atoms with Crippen LogP contribution in [0.1, 0.15) is 26.3 Å². The number of nitrogens with zero attached hydrogens (tertiary/aromatic N) is 3. The van der Waals surface area contributed by atoms with Crippen LogP contribution < -0.4 is 69.0 Å². The van der Waals surface area contributed by atoms with Crippen LogP contribution in [0.15, 0.2) is 168 Å². The number of furan rings is 1. The third-order valence-corrected chi connectivity index (χ3v) is 16.0. The number of rotatable bonds is 6. The Morgan fingerprint density at radius 3 is 1.44 bits per heavy atom. The summed E-state index contributed by atoms with van der Waals surface area (Å²) in [6, 6.07) is 58.4. The minimum absolute atomic E-state index is 0.0637. The van der Waals surface area contributed by atoms with Crippen molar-refractivity contribution in [1.82, 2.24) is 0 Å². The number of fused-ring (bicyclic) bond motifs is 10. The summed E-state index contributed by atoms with van der Waals surface area (Å²) >= 11 is 0. The summed E-state index contributed by atoms with van der Waals surface area (Å²) < 4.78 is 57.1. The van der Waals surface area contributed by atoms with E-state index in [0.717, 1.165) is 101 Å². The molecule has 12 nitrogen and oxygen atoms in total. The fourth-order valence-electron chi connectivity index (χ4n) is 12.3. The second-order valence-electron chi connectivity index (χ2n) is 21.8. The topological polar surface area (TPSA) is 96.7 Å². The monoisotopic (exact) mass is 1040 g/mol. The zero-order chi connectivity index (χ0) is 52.5. The van der Waals surface area contributed by atoms with Gasteiger partial charge in [0, 0.05) is 69.3 Å². The SMILES string of the molecule is CC(C)(C)c1ccc(N(c2cc3c4c(c2)N(c2ccc5c(c2)OCCO5)c2cc5c(cc2B4c2cc4c(cc2N3c2ccc3c(c2)OCCO3)OCCO4)OCCO5)c2ccc3cc(-c4cc5ccccc5o4)ccc3c2)cc1. The predicted molar refractivity (Wildman–Crippen MR) is 311 cm³/mol. The van der Waals surface area contributed by atoms with E-state index < -0.39 is 0 Å². The number of ether oxygens (including phenoxy) is 8. The summed E-state index contributed by atoms with van der Waals surface area (Å²) in [4.78, 5) is 7.10. The van der Waals surface area contributed by atoms with Crippen molar-refractivity contribution in [3.05, 3.63) is 169 Å². The van der Waals surface area contributed by atoms with Crippen LogP contribution in [0.5, 0.6) is 46.0 Å². The lowest BCUT2D eigenvalue weighted by Gasteiger charge is -2.45. The third kappa shape index (κ3) is 7.50. The molecule has 0 aliphatic carbocycles. The van der Waals surface area contributed by atoms with Gasteiger partial charge in [-0.1, -0.05) is 69.3 Å². The zero-order valence-corrected chi connectivity index (χ0v) is 43.8. The van der Waals surface area contributed by atoms with Gasteiger partial charge in [0.25, 0.3) is 6.71 Å². The average Bonchev–Trinajstić information content (AvgIpc) is 3.98. The molecule has 0 spiro atoms. The predicted octanol–water partition coefficient (Wildman–Crippen LogP) is 13.2. The van der Waals surface area contributed by atoms with Gasteiger partial charge < -0.3 is 57.0 Å². The Labute approximate surface area is 456 Å². The second kappa shape index (κ2) is 17.6. The highest BCUT2D eigenvalue weighted by Crippen LogP contribution is 2.53. The molecular weight excluding hydrogens is 990 g/mol. The lowest BCUT2D eigenvalue weighted by molar-refractivity contribution is 0.171. The maximum atomic E-state index is 6.44. The molecule has 79 heavy (non-hydrogen) atoms. The molecule has 0 radical (unpaired) electrons. The van der Waals surface area contributed by atoms with Crippen molar-refractivity contribution < 1.29 is 42.3 Å². The van der Waals surface area contributed by atoms with Gasteiger partial charge in [0.2, 0.25) is 0 Å². The highest BCUT2D eigenvalue weighted by atomic mass is 16.6. The number of hydrogen-bond acceptors (Lipinski definition) is 12. The van der Waals surface area contributed by atoms with Crippen LogP contribution in [0.2, 0.25) is 0 Å². The van der Waals surface area contributed by atoms with Gasteiger partial charge in [-0.3, -0.25) is 0 Å². The maximum Gasteiger partial charge on any atom is 0.252 e. The van der Waals surface area contributed by atoms with Crippen LogP contribution >= 0.6 is 0 Å². The van der Waals surface area contributed by atoms with Crippen molar-refractivity contribution >= 4 is 96.0 Å². The smallest absolute Gasteiger partial charge is 0.252 e. The molecule has 1 aromatic heterocycles. The van der Waals surface area contributed by atoms with Crippen LogP contribution in [0.3, 0.4) is 0 Å². The number of anilines is 9. The fraction of sp³-hybridized carbons (Fsp3) is 0.182. The van der Waals surface area contributed by atoms with E-state index in [9.17, 15) is 0 Å². The van der Waals surface area contributed by atoms with Crippen LogP contribution in [0.25, 0.3) is 33.1 Å². The van der Waals surface area contributed by atoms with Crippen molar-refractivity contribution in [3.8, 4) is 57.3 Å². The Kier molecular flexibility index (Phi) is 10.2. The minimum Gasteiger partial charge on any atom is -0.486 e. The molecule has 0 unspecified atom stereocenters. The van der Waals surface area contributed by atoms with E-state index in [1.165, 1.54) is 5.56 Å². The van der Waals surface area contributed by atoms with Gasteiger partial charge in [-0.2, -0.15) is 0 Å². The van der Waals surface area contributed by atoms with E-state index in [2.05, 4.69) is 169 Å². The molecule has 7 heterocycles. The summed E-state index contributed by atoms with van der Waals surface area (Å²) in [6.45, 7) is 10.1. The first-order valence-electron chi connectivity index (χ1n) is 27.1. The van der Waals surface area contributed by atoms with Crippen LogP contribution in [-0.4, -0.2) is 59.6 Å². The Bertz CT molecular complexity index is 3970. The van der Waals surface area contributed by atoms with Gasteiger partial charge in [0.1, 0.15) is 64.2 Å². The molecule has 0 atom stereocenters. The average molecular weight is 1040 g/mol. The first kappa shape index (κ1) is 45.8. The number of hydrogen-bond donors (Lipinski definition) is 0. The van der Waals surface area contributed by atoms with Crippen LogP contribution in [-0.2, 0) is 5.41 Å². The molecule has 9 aromatic carbocycles. The summed E-state index contributed by atoms with van der Waals surface area (Å²) in [6.07, 6.45) is 0.